The Labute approximate surface area is 104 Å². The first-order valence-corrected chi connectivity index (χ1v) is 6.66. The summed E-state index contributed by atoms with van der Waals surface area (Å²) in [4.78, 5) is 0. The molecule has 1 heterocycles. The lowest BCUT2D eigenvalue weighted by Gasteiger charge is -2.18. The van der Waals surface area contributed by atoms with E-state index in [1.807, 2.05) is 11.7 Å². The number of hydrogen-bond donors (Lipinski definition) is 1. The van der Waals surface area contributed by atoms with Crippen LogP contribution in [0.4, 0.5) is 0 Å². The molecule has 0 aromatic carbocycles. The van der Waals surface area contributed by atoms with Crippen molar-refractivity contribution in [2.45, 2.75) is 39.2 Å². The van der Waals surface area contributed by atoms with Crippen molar-refractivity contribution in [2.24, 2.45) is 13.0 Å². The van der Waals surface area contributed by atoms with Gasteiger partial charge in [0.2, 0.25) is 0 Å². The molecule has 1 aromatic rings. The number of nitrogens with zero attached hydrogens (tertiary/aromatic N) is 2. The van der Waals surface area contributed by atoms with Crippen LogP contribution < -0.4 is 5.32 Å². The second-order valence-corrected chi connectivity index (χ2v) is 4.91. The summed E-state index contributed by atoms with van der Waals surface area (Å²) in [6, 6.07) is 0. The van der Waals surface area contributed by atoms with Gasteiger partial charge < -0.3 is 5.32 Å². The van der Waals surface area contributed by atoms with Crippen LogP contribution in [-0.4, -0.2) is 16.3 Å². The molecule has 1 aliphatic rings. The highest BCUT2D eigenvalue weighted by Gasteiger charge is 2.10. The van der Waals surface area contributed by atoms with E-state index in [1.165, 1.54) is 30.5 Å². The average Bonchev–Trinajstić information content (AvgIpc) is 2.71. The van der Waals surface area contributed by atoms with Crippen LogP contribution in [0.3, 0.4) is 0 Å². The molecule has 0 fully saturated rings. The van der Waals surface area contributed by atoms with E-state index in [4.69, 9.17) is 0 Å². The maximum Gasteiger partial charge on any atom is 0.0666 e. The molecule has 0 saturated heterocycles. The molecule has 1 N–H and O–H groups in total. The van der Waals surface area contributed by atoms with Gasteiger partial charge in [0.1, 0.15) is 0 Å². The van der Waals surface area contributed by atoms with E-state index in [0.29, 0.717) is 0 Å². The van der Waals surface area contributed by atoms with Gasteiger partial charge in [0.15, 0.2) is 0 Å². The molecule has 2 rings (SSSR count). The Morgan fingerprint density at radius 3 is 3.06 bits per heavy atom. The van der Waals surface area contributed by atoms with Gasteiger partial charge >= 0.3 is 0 Å². The first-order chi connectivity index (χ1) is 8.29. The monoisotopic (exact) mass is 233 g/mol. The topological polar surface area (TPSA) is 29.9 Å². The fourth-order valence-corrected chi connectivity index (χ4v) is 2.48. The second-order valence-electron chi connectivity index (χ2n) is 4.91. The molecule has 3 nitrogen and oxygen atoms in total. The third kappa shape index (κ3) is 3.43. The minimum atomic E-state index is 0.821. The lowest BCUT2D eigenvalue weighted by Crippen LogP contribution is -2.23. The molecule has 0 radical (unpaired) electrons. The maximum atomic E-state index is 4.46. The zero-order chi connectivity index (χ0) is 12.1. The predicted octanol–water partition coefficient (Wildman–Crippen LogP) is 2.43. The van der Waals surface area contributed by atoms with Gasteiger partial charge in [-0.2, -0.15) is 5.10 Å². The van der Waals surface area contributed by atoms with Crippen LogP contribution in [0.1, 0.15) is 37.4 Å². The third-order valence-electron chi connectivity index (χ3n) is 3.45. The molecule has 1 unspecified atom stereocenters. The molecule has 3 heteroatoms. The first kappa shape index (κ1) is 12.4. The van der Waals surface area contributed by atoms with E-state index < -0.39 is 0 Å². The molecule has 1 aliphatic carbocycles. The molecule has 1 aromatic heterocycles. The van der Waals surface area contributed by atoms with Gasteiger partial charge in [-0.25, -0.2) is 0 Å². The first-order valence-electron chi connectivity index (χ1n) is 6.66. The van der Waals surface area contributed by atoms with E-state index in [1.54, 1.807) is 0 Å². The van der Waals surface area contributed by atoms with Gasteiger partial charge in [-0.15, -0.1) is 0 Å². The highest BCUT2D eigenvalue weighted by molar-refractivity contribution is 5.16. The zero-order valence-corrected chi connectivity index (χ0v) is 10.9. The summed E-state index contributed by atoms with van der Waals surface area (Å²) < 4.78 is 1.92. The number of aryl methyl sites for hydroxylation is 2. The number of hydrogen-bond acceptors (Lipinski definition) is 2. The number of rotatable bonds is 5. The minimum Gasteiger partial charge on any atom is -0.312 e. The van der Waals surface area contributed by atoms with Crippen molar-refractivity contribution < 1.29 is 0 Å². The summed E-state index contributed by atoms with van der Waals surface area (Å²) in [7, 11) is 1.99. The van der Waals surface area contributed by atoms with Crippen molar-refractivity contribution in [3.8, 4) is 0 Å². The van der Waals surface area contributed by atoms with E-state index in [0.717, 1.165) is 25.4 Å². The molecule has 1 atom stereocenters. The van der Waals surface area contributed by atoms with Crippen LogP contribution in [0.5, 0.6) is 0 Å². The molecule has 0 saturated carbocycles. The van der Waals surface area contributed by atoms with Crippen LogP contribution in [0.2, 0.25) is 0 Å². The summed E-state index contributed by atoms with van der Waals surface area (Å²) in [5, 5.41) is 8.03. The summed E-state index contributed by atoms with van der Waals surface area (Å²) in [5.74, 6) is 0.821. The van der Waals surface area contributed by atoms with Crippen molar-refractivity contribution in [3.63, 3.8) is 0 Å². The lowest BCUT2D eigenvalue weighted by atomic mass is 9.94. The van der Waals surface area contributed by atoms with Crippen LogP contribution in [0.15, 0.2) is 18.3 Å². The zero-order valence-electron chi connectivity index (χ0n) is 10.9. The second kappa shape index (κ2) is 6.01. The number of aromatic nitrogens is 2. The van der Waals surface area contributed by atoms with Crippen LogP contribution >= 0.6 is 0 Å². The smallest absolute Gasteiger partial charge is 0.0666 e. The van der Waals surface area contributed by atoms with Gasteiger partial charge in [-0.3, -0.25) is 4.68 Å². The molecule has 17 heavy (non-hydrogen) atoms. The largest absolute Gasteiger partial charge is 0.312 e. The molecular weight excluding hydrogens is 210 g/mol. The van der Waals surface area contributed by atoms with Gasteiger partial charge in [0, 0.05) is 25.4 Å². The lowest BCUT2D eigenvalue weighted by molar-refractivity contribution is 0.440. The fourth-order valence-electron chi connectivity index (χ4n) is 2.48. The highest BCUT2D eigenvalue weighted by Crippen LogP contribution is 2.17. The van der Waals surface area contributed by atoms with E-state index >= 15 is 0 Å². The van der Waals surface area contributed by atoms with Crippen LogP contribution in [0, 0.1) is 5.92 Å². The van der Waals surface area contributed by atoms with Crippen molar-refractivity contribution in [2.75, 3.05) is 6.54 Å². The predicted molar refractivity (Wildman–Crippen MR) is 70.8 cm³/mol. The summed E-state index contributed by atoms with van der Waals surface area (Å²) in [6.07, 6.45) is 11.6. The minimum absolute atomic E-state index is 0.821. The molecular formula is C14H23N3. The highest BCUT2D eigenvalue weighted by atomic mass is 15.3. The van der Waals surface area contributed by atoms with E-state index in [2.05, 4.69) is 35.7 Å². The Bertz CT molecular complexity index is 379. The molecule has 0 spiro atoms. The maximum absolute atomic E-state index is 4.46. The summed E-state index contributed by atoms with van der Waals surface area (Å²) in [5.41, 5.74) is 2.57. The van der Waals surface area contributed by atoms with Gasteiger partial charge in [0.25, 0.3) is 0 Å². The normalized spacial score (nSPS) is 19.8. The van der Waals surface area contributed by atoms with Crippen LogP contribution in [-0.2, 0) is 20.0 Å². The van der Waals surface area contributed by atoms with Crippen molar-refractivity contribution >= 4 is 0 Å². The van der Waals surface area contributed by atoms with E-state index in [9.17, 15) is 0 Å². The number of allylic oxidation sites excluding steroid dienone is 2. The van der Waals surface area contributed by atoms with Crippen LogP contribution in [0.25, 0.3) is 0 Å². The summed E-state index contributed by atoms with van der Waals surface area (Å²) >= 11 is 0. The molecule has 0 aliphatic heterocycles. The Balaban J connectivity index is 1.79. The van der Waals surface area contributed by atoms with Crippen molar-refractivity contribution in [3.05, 3.63) is 29.6 Å². The Morgan fingerprint density at radius 1 is 1.47 bits per heavy atom. The van der Waals surface area contributed by atoms with Crippen molar-refractivity contribution in [1.29, 1.82) is 0 Å². The quantitative estimate of drug-likeness (QED) is 0.792. The molecule has 94 valence electrons. The van der Waals surface area contributed by atoms with Gasteiger partial charge in [0.05, 0.1) is 5.69 Å². The van der Waals surface area contributed by atoms with Crippen molar-refractivity contribution in [1.82, 2.24) is 15.1 Å². The fraction of sp³-hybridized carbons (Fsp3) is 0.643. The number of nitrogens with one attached hydrogen (secondary N) is 1. The Kier molecular flexibility index (Phi) is 4.37. The molecule has 0 bridgehead atoms. The van der Waals surface area contributed by atoms with Gasteiger partial charge in [-0.1, -0.05) is 19.1 Å². The van der Waals surface area contributed by atoms with Gasteiger partial charge in [-0.05, 0) is 38.1 Å². The Hall–Kier alpha value is -1.09. The molecule has 0 amide bonds. The Morgan fingerprint density at radius 2 is 2.35 bits per heavy atom. The third-order valence-corrected chi connectivity index (χ3v) is 3.45. The van der Waals surface area contributed by atoms with E-state index in [-0.39, 0.29) is 0 Å². The standard InChI is InChI=1S/C14H23N3/c1-3-14-13(11-17(2)16-14)10-15-9-12-7-5-4-6-8-12/h4-5,11-12,15H,3,6-10H2,1-2H3. The average molecular weight is 233 g/mol. The SMILES string of the molecule is CCc1nn(C)cc1CNCC1CC=CCC1. The summed E-state index contributed by atoms with van der Waals surface area (Å²) in [6.45, 7) is 4.25.